The first-order chi connectivity index (χ1) is 16.0. The lowest BCUT2D eigenvalue weighted by atomic mass is 10.1. The molecule has 0 aliphatic rings. The van der Waals surface area contributed by atoms with E-state index >= 15 is 0 Å². The molecule has 3 aromatic rings. The molecule has 13 heteroatoms. The molecule has 0 aliphatic heterocycles. The van der Waals surface area contributed by atoms with E-state index in [0.717, 1.165) is 29.7 Å². The van der Waals surface area contributed by atoms with Crippen molar-refractivity contribution in [3.05, 3.63) is 70.0 Å². The molecule has 0 saturated carbocycles. The number of carbonyl (C=O) groups excluding carboxylic acids is 1. The summed E-state index contributed by atoms with van der Waals surface area (Å²) in [5.41, 5.74) is 1.21. The van der Waals surface area contributed by atoms with Crippen LogP contribution in [0.1, 0.15) is 26.5 Å². The van der Waals surface area contributed by atoms with Crippen molar-refractivity contribution in [3.63, 3.8) is 0 Å². The number of anilines is 2. The van der Waals surface area contributed by atoms with E-state index in [-0.39, 0.29) is 17.4 Å². The van der Waals surface area contributed by atoms with Crippen molar-refractivity contribution >= 4 is 38.1 Å². The molecule has 0 spiro atoms. The SMILES string of the molecule is Cc1sc(N(Cc2ccc(OC(F)F)c(F)c2)c2ccc(C#N)cc2)nc1C(=O)NS(C)(=O)=O. The van der Waals surface area contributed by atoms with Crippen LogP contribution in [0.2, 0.25) is 0 Å². The molecule has 0 fully saturated rings. The predicted molar refractivity (Wildman–Crippen MR) is 119 cm³/mol. The average Bonchev–Trinajstić information content (AvgIpc) is 3.14. The number of alkyl halides is 2. The van der Waals surface area contributed by atoms with E-state index in [9.17, 15) is 26.4 Å². The molecular formula is C21H17F3N4O4S2. The minimum Gasteiger partial charge on any atom is -0.432 e. The zero-order valence-electron chi connectivity index (χ0n) is 17.8. The van der Waals surface area contributed by atoms with Crippen molar-refractivity contribution in [3.8, 4) is 11.8 Å². The molecule has 8 nitrogen and oxygen atoms in total. The van der Waals surface area contributed by atoms with Gasteiger partial charge in [0.2, 0.25) is 10.0 Å². The molecule has 0 bridgehead atoms. The highest BCUT2D eigenvalue weighted by atomic mass is 32.2. The standard InChI is InChI=1S/C21H17F3N4O4S2/c1-12-18(19(29)27-34(2,30)31)26-21(33-12)28(15-6-3-13(10-25)4-7-15)11-14-5-8-17(16(22)9-14)32-20(23)24/h3-9,20H,11H2,1-2H3,(H,27,29). The molecule has 0 radical (unpaired) electrons. The quantitative estimate of drug-likeness (QED) is 0.486. The summed E-state index contributed by atoms with van der Waals surface area (Å²) in [6, 6.07) is 11.9. The Morgan fingerprint density at radius 3 is 2.50 bits per heavy atom. The largest absolute Gasteiger partial charge is 0.432 e. The van der Waals surface area contributed by atoms with E-state index in [0.29, 0.717) is 21.7 Å². The Morgan fingerprint density at radius 1 is 1.26 bits per heavy atom. The van der Waals surface area contributed by atoms with Crippen molar-refractivity contribution in [2.45, 2.75) is 20.1 Å². The highest BCUT2D eigenvalue weighted by molar-refractivity contribution is 7.89. The number of nitrogens with one attached hydrogen (secondary N) is 1. The van der Waals surface area contributed by atoms with Crippen molar-refractivity contribution in [2.24, 2.45) is 0 Å². The molecule has 178 valence electrons. The van der Waals surface area contributed by atoms with Gasteiger partial charge in [0.1, 0.15) is 5.69 Å². The van der Waals surface area contributed by atoms with Gasteiger partial charge in [-0.25, -0.2) is 22.5 Å². The van der Waals surface area contributed by atoms with E-state index < -0.39 is 34.1 Å². The third-order valence-corrected chi connectivity index (χ3v) is 5.92. The molecule has 2 aromatic carbocycles. The number of aryl methyl sites for hydroxylation is 1. The van der Waals surface area contributed by atoms with Crippen LogP contribution in [0, 0.1) is 24.1 Å². The van der Waals surface area contributed by atoms with Crippen LogP contribution in [-0.2, 0) is 16.6 Å². The van der Waals surface area contributed by atoms with Crippen LogP contribution in [0.25, 0.3) is 0 Å². The summed E-state index contributed by atoms with van der Waals surface area (Å²) < 4.78 is 68.0. The van der Waals surface area contributed by atoms with Gasteiger partial charge in [-0.05, 0) is 48.9 Å². The monoisotopic (exact) mass is 510 g/mol. The highest BCUT2D eigenvalue weighted by Gasteiger charge is 2.23. The topological polar surface area (TPSA) is 112 Å². The number of carbonyl (C=O) groups is 1. The summed E-state index contributed by atoms with van der Waals surface area (Å²) >= 11 is 1.09. The number of hydrogen-bond donors (Lipinski definition) is 1. The van der Waals surface area contributed by atoms with E-state index in [1.807, 2.05) is 10.8 Å². The normalized spacial score (nSPS) is 11.2. The Bertz CT molecular complexity index is 1350. The van der Waals surface area contributed by atoms with E-state index in [2.05, 4.69) is 9.72 Å². The fourth-order valence-corrected chi connectivity index (χ4v) is 4.29. The average molecular weight is 511 g/mol. The first-order valence-corrected chi connectivity index (χ1v) is 12.2. The van der Waals surface area contributed by atoms with Crippen molar-refractivity contribution in [1.29, 1.82) is 5.26 Å². The second kappa shape index (κ2) is 10.1. The summed E-state index contributed by atoms with van der Waals surface area (Å²) in [5.74, 6) is -2.49. The summed E-state index contributed by atoms with van der Waals surface area (Å²) in [6.07, 6.45) is 0.840. The number of hydrogen-bond acceptors (Lipinski definition) is 8. The third kappa shape index (κ3) is 6.24. The lowest BCUT2D eigenvalue weighted by Gasteiger charge is -2.22. The molecule has 1 amide bonds. The zero-order valence-corrected chi connectivity index (χ0v) is 19.4. The van der Waals surface area contributed by atoms with Gasteiger partial charge in [-0.2, -0.15) is 14.0 Å². The van der Waals surface area contributed by atoms with E-state index in [1.54, 1.807) is 36.1 Å². The van der Waals surface area contributed by atoms with Crippen molar-refractivity contribution in [1.82, 2.24) is 9.71 Å². The van der Waals surface area contributed by atoms with Gasteiger partial charge in [-0.1, -0.05) is 6.07 Å². The number of aromatic nitrogens is 1. The van der Waals surface area contributed by atoms with Crippen LogP contribution in [0.5, 0.6) is 5.75 Å². The Morgan fingerprint density at radius 2 is 1.94 bits per heavy atom. The summed E-state index contributed by atoms with van der Waals surface area (Å²) in [7, 11) is -3.81. The number of nitriles is 1. The minimum absolute atomic E-state index is 0.0118. The van der Waals surface area contributed by atoms with Crippen LogP contribution in [0.15, 0.2) is 42.5 Å². The molecule has 34 heavy (non-hydrogen) atoms. The maximum atomic E-state index is 14.3. The van der Waals surface area contributed by atoms with E-state index in [1.165, 1.54) is 6.07 Å². The summed E-state index contributed by atoms with van der Waals surface area (Å²) in [4.78, 5) is 18.7. The number of rotatable bonds is 8. The fourth-order valence-electron chi connectivity index (χ4n) is 2.93. The molecule has 3 rings (SSSR count). The van der Waals surface area contributed by atoms with Crippen LogP contribution in [0.4, 0.5) is 24.0 Å². The number of nitrogens with zero attached hydrogens (tertiary/aromatic N) is 3. The smallest absolute Gasteiger partial charge is 0.387 e. The van der Waals surface area contributed by atoms with Crippen LogP contribution in [0.3, 0.4) is 0 Å². The lowest BCUT2D eigenvalue weighted by molar-refractivity contribution is -0.0522. The van der Waals surface area contributed by atoms with Gasteiger partial charge in [-0.15, -0.1) is 11.3 Å². The molecule has 1 N–H and O–H groups in total. The summed E-state index contributed by atoms with van der Waals surface area (Å²) in [5, 5.41) is 9.34. The molecule has 1 heterocycles. The second-order valence-corrected chi connectivity index (χ2v) is 9.92. The highest BCUT2D eigenvalue weighted by Crippen LogP contribution is 2.34. The zero-order chi connectivity index (χ0) is 25.0. The lowest BCUT2D eigenvalue weighted by Crippen LogP contribution is -2.30. The van der Waals surface area contributed by atoms with Crippen LogP contribution < -0.4 is 14.4 Å². The van der Waals surface area contributed by atoms with Gasteiger partial charge in [0.25, 0.3) is 5.91 Å². The van der Waals surface area contributed by atoms with Gasteiger partial charge in [0, 0.05) is 10.6 Å². The molecule has 0 saturated heterocycles. The molecule has 0 unspecified atom stereocenters. The van der Waals surface area contributed by atoms with E-state index in [4.69, 9.17) is 5.26 Å². The van der Waals surface area contributed by atoms with Crippen molar-refractivity contribution in [2.75, 3.05) is 11.2 Å². The maximum absolute atomic E-state index is 14.3. The van der Waals surface area contributed by atoms with Crippen molar-refractivity contribution < 1.29 is 31.1 Å². The van der Waals surface area contributed by atoms with Crippen LogP contribution >= 0.6 is 11.3 Å². The molecule has 0 aliphatic carbocycles. The first-order valence-electron chi connectivity index (χ1n) is 9.47. The molecule has 0 atom stereocenters. The van der Waals surface area contributed by atoms with Gasteiger partial charge < -0.3 is 9.64 Å². The number of ether oxygens (including phenoxy) is 1. The predicted octanol–water partition coefficient (Wildman–Crippen LogP) is 4.09. The third-order valence-electron chi connectivity index (χ3n) is 4.37. The van der Waals surface area contributed by atoms with Gasteiger partial charge in [0.15, 0.2) is 16.7 Å². The first kappa shape index (κ1) is 25.0. The second-order valence-electron chi connectivity index (χ2n) is 6.99. The minimum atomic E-state index is -3.81. The van der Waals surface area contributed by atoms with Gasteiger partial charge in [0.05, 0.1) is 24.4 Å². The fraction of sp³-hybridized carbons (Fsp3) is 0.190. The van der Waals surface area contributed by atoms with Crippen LogP contribution in [-0.4, -0.2) is 32.2 Å². The Labute approximate surface area is 197 Å². The number of benzene rings is 2. The number of halogens is 3. The van der Waals surface area contributed by atoms with Gasteiger partial charge in [-0.3, -0.25) is 4.79 Å². The number of thiazole rings is 1. The van der Waals surface area contributed by atoms with Gasteiger partial charge >= 0.3 is 6.61 Å². The molecule has 1 aromatic heterocycles. The maximum Gasteiger partial charge on any atom is 0.387 e. The Kier molecular flexibility index (Phi) is 7.43. The number of amides is 1. The Balaban J connectivity index is 2.00. The Hall–Kier alpha value is -3.63. The summed E-state index contributed by atoms with van der Waals surface area (Å²) in [6.45, 7) is -1.58. The number of sulfonamides is 1. The molecular weight excluding hydrogens is 493 g/mol.